The van der Waals surface area contributed by atoms with E-state index in [-0.39, 0.29) is 5.91 Å². The molecule has 0 saturated carbocycles. The molecule has 0 fully saturated rings. The fraction of sp³-hybridized carbons (Fsp3) is 0. The zero-order chi connectivity index (χ0) is 14.7. The highest BCUT2D eigenvalue weighted by molar-refractivity contribution is 6.30. The zero-order valence-electron chi connectivity index (χ0n) is 11.0. The highest BCUT2D eigenvalue weighted by atomic mass is 35.5. The Morgan fingerprint density at radius 2 is 2.05 bits per heavy atom. The predicted octanol–water partition coefficient (Wildman–Crippen LogP) is 3.59. The SMILES string of the molecule is O=C(N/N=C\c1cccc(Cl)c1)c1c[nH]c2ccccc12. The minimum Gasteiger partial charge on any atom is -0.360 e. The maximum atomic E-state index is 12.1. The summed E-state index contributed by atoms with van der Waals surface area (Å²) in [5.74, 6) is -0.259. The summed E-state index contributed by atoms with van der Waals surface area (Å²) in [5, 5.41) is 5.44. The van der Waals surface area contributed by atoms with Crippen LogP contribution in [0.4, 0.5) is 0 Å². The van der Waals surface area contributed by atoms with Gasteiger partial charge < -0.3 is 4.98 Å². The number of aromatic amines is 1. The van der Waals surface area contributed by atoms with Gasteiger partial charge in [0, 0.05) is 22.1 Å². The van der Waals surface area contributed by atoms with Gasteiger partial charge in [-0.05, 0) is 23.8 Å². The maximum Gasteiger partial charge on any atom is 0.273 e. The number of carbonyl (C=O) groups is 1. The first-order valence-corrected chi connectivity index (χ1v) is 6.77. The average molecular weight is 298 g/mol. The van der Waals surface area contributed by atoms with E-state index in [0.717, 1.165) is 16.5 Å². The van der Waals surface area contributed by atoms with Crippen LogP contribution in [0.15, 0.2) is 59.8 Å². The molecule has 1 heterocycles. The standard InChI is InChI=1S/C16H12ClN3O/c17-12-5-3-4-11(8-12)9-19-20-16(21)14-10-18-15-7-2-1-6-13(14)15/h1-10,18H,(H,20,21)/b19-9-. The lowest BCUT2D eigenvalue weighted by atomic mass is 10.2. The van der Waals surface area contributed by atoms with E-state index in [1.807, 2.05) is 36.4 Å². The van der Waals surface area contributed by atoms with Gasteiger partial charge >= 0.3 is 0 Å². The molecule has 0 aliphatic rings. The lowest BCUT2D eigenvalue weighted by Gasteiger charge is -1.98. The maximum absolute atomic E-state index is 12.1. The van der Waals surface area contributed by atoms with Gasteiger partial charge in [0.1, 0.15) is 0 Å². The molecule has 3 aromatic rings. The Hall–Kier alpha value is -2.59. The van der Waals surface area contributed by atoms with Gasteiger partial charge in [0.05, 0.1) is 11.8 Å². The van der Waals surface area contributed by atoms with Crippen LogP contribution in [0.3, 0.4) is 0 Å². The molecule has 0 bridgehead atoms. The Bertz CT molecular complexity index is 823. The normalized spacial score (nSPS) is 11.1. The number of halogens is 1. The van der Waals surface area contributed by atoms with Crippen LogP contribution in [0, 0.1) is 0 Å². The molecule has 0 radical (unpaired) electrons. The molecule has 21 heavy (non-hydrogen) atoms. The van der Waals surface area contributed by atoms with E-state index in [1.54, 1.807) is 24.5 Å². The van der Waals surface area contributed by atoms with Gasteiger partial charge in [0.2, 0.25) is 0 Å². The molecular formula is C16H12ClN3O. The van der Waals surface area contributed by atoms with Gasteiger partial charge in [0.25, 0.3) is 5.91 Å². The lowest BCUT2D eigenvalue weighted by molar-refractivity contribution is 0.0957. The van der Waals surface area contributed by atoms with Crippen molar-refractivity contribution >= 4 is 34.6 Å². The minimum absolute atomic E-state index is 0.259. The first-order valence-electron chi connectivity index (χ1n) is 6.39. The van der Waals surface area contributed by atoms with Gasteiger partial charge in [-0.2, -0.15) is 5.10 Å². The van der Waals surface area contributed by atoms with Gasteiger partial charge in [0.15, 0.2) is 0 Å². The smallest absolute Gasteiger partial charge is 0.273 e. The largest absolute Gasteiger partial charge is 0.360 e. The van der Waals surface area contributed by atoms with Crippen LogP contribution in [0.2, 0.25) is 5.02 Å². The lowest BCUT2D eigenvalue weighted by Crippen LogP contribution is -2.17. The van der Waals surface area contributed by atoms with Gasteiger partial charge in [-0.15, -0.1) is 0 Å². The van der Waals surface area contributed by atoms with Crippen molar-refractivity contribution < 1.29 is 4.79 Å². The molecule has 1 amide bonds. The highest BCUT2D eigenvalue weighted by Crippen LogP contribution is 2.17. The number of hydrogen-bond donors (Lipinski definition) is 2. The third-order valence-corrected chi connectivity index (χ3v) is 3.30. The van der Waals surface area contributed by atoms with Crippen molar-refractivity contribution in [2.75, 3.05) is 0 Å². The number of para-hydroxylation sites is 1. The van der Waals surface area contributed by atoms with Gasteiger partial charge in [-0.1, -0.05) is 41.9 Å². The van der Waals surface area contributed by atoms with E-state index in [4.69, 9.17) is 11.6 Å². The number of H-pyrrole nitrogens is 1. The molecule has 0 saturated heterocycles. The summed E-state index contributed by atoms with van der Waals surface area (Å²) in [4.78, 5) is 15.2. The van der Waals surface area contributed by atoms with E-state index in [9.17, 15) is 4.79 Å². The van der Waals surface area contributed by atoms with Gasteiger partial charge in [-0.3, -0.25) is 4.79 Å². The highest BCUT2D eigenvalue weighted by Gasteiger charge is 2.10. The van der Waals surface area contributed by atoms with Crippen LogP contribution >= 0.6 is 11.6 Å². The van der Waals surface area contributed by atoms with E-state index in [2.05, 4.69) is 15.5 Å². The number of fused-ring (bicyclic) bond motifs is 1. The van der Waals surface area contributed by atoms with Crippen molar-refractivity contribution in [2.45, 2.75) is 0 Å². The Morgan fingerprint density at radius 3 is 2.90 bits per heavy atom. The number of nitrogens with one attached hydrogen (secondary N) is 2. The number of hydrogen-bond acceptors (Lipinski definition) is 2. The molecule has 0 spiro atoms. The second-order valence-corrected chi connectivity index (χ2v) is 4.94. The molecule has 0 aliphatic heterocycles. The summed E-state index contributed by atoms with van der Waals surface area (Å²) in [5.41, 5.74) is 4.82. The number of hydrazone groups is 1. The van der Waals surface area contributed by atoms with E-state index >= 15 is 0 Å². The van der Waals surface area contributed by atoms with Crippen LogP contribution in [-0.2, 0) is 0 Å². The first kappa shape index (κ1) is 13.4. The Kier molecular flexibility index (Phi) is 3.71. The molecule has 1 aromatic heterocycles. The quantitative estimate of drug-likeness (QED) is 0.563. The second kappa shape index (κ2) is 5.81. The second-order valence-electron chi connectivity index (χ2n) is 4.50. The number of carbonyl (C=O) groups excluding carboxylic acids is 1. The van der Waals surface area contributed by atoms with Crippen LogP contribution in [0.25, 0.3) is 10.9 Å². The fourth-order valence-electron chi connectivity index (χ4n) is 2.07. The van der Waals surface area contributed by atoms with Crippen LogP contribution in [-0.4, -0.2) is 17.1 Å². The number of rotatable bonds is 3. The third-order valence-electron chi connectivity index (χ3n) is 3.06. The number of amides is 1. The molecular weight excluding hydrogens is 286 g/mol. The molecule has 0 unspecified atom stereocenters. The Labute approximate surface area is 126 Å². The molecule has 2 N–H and O–H groups in total. The molecule has 5 heteroatoms. The Morgan fingerprint density at radius 1 is 1.19 bits per heavy atom. The summed E-state index contributed by atoms with van der Waals surface area (Å²) in [6, 6.07) is 14.8. The number of aromatic nitrogens is 1. The van der Waals surface area contributed by atoms with Crippen LogP contribution < -0.4 is 5.43 Å². The molecule has 3 rings (SSSR count). The summed E-state index contributed by atoms with van der Waals surface area (Å²) >= 11 is 5.88. The zero-order valence-corrected chi connectivity index (χ0v) is 11.8. The van der Waals surface area contributed by atoms with Crippen molar-refractivity contribution in [1.29, 1.82) is 0 Å². The van der Waals surface area contributed by atoms with Crippen molar-refractivity contribution in [3.8, 4) is 0 Å². The summed E-state index contributed by atoms with van der Waals surface area (Å²) in [6.45, 7) is 0. The minimum atomic E-state index is -0.259. The first-order chi connectivity index (χ1) is 10.2. The summed E-state index contributed by atoms with van der Waals surface area (Å²) in [6.07, 6.45) is 3.23. The third kappa shape index (κ3) is 2.95. The predicted molar refractivity (Wildman–Crippen MR) is 84.8 cm³/mol. The van der Waals surface area contributed by atoms with E-state index in [1.165, 1.54) is 0 Å². The summed E-state index contributed by atoms with van der Waals surface area (Å²) in [7, 11) is 0. The average Bonchev–Trinajstić information content (AvgIpc) is 2.91. The molecule has 0 aliphatic carbocycles. The van der Waals surface area contributed by atoms with Crippen LogP contribution in [0.1, 0.15) is 15.9 Å². The van der Waals surface area contributed by atoms with Crippen molar-refractivity contribution in [1.82, 2.24) is 10.4 Å². The molecule has 4 nitrogen and oxygen atoms in total. The Balaban J connectivity index is 1.75. The van der Waals surface area contributed by atoms with Crippen molar-refractivity contribution in [3.05, 3.63) is 70.9 Å². The summed E-state index contributed by atoms with van der Waals surface area (Å²) < 4.78 is 0. The van der Waals surface area contributed by atoms with Crippen molar-refractivity contribution in [2.24, 2.45) is 5.10 Å². The number of benzene rings is 2. The molecule has 104 valence electrons. The number of nitrogens with zero attached hydrogens (tertiary/aromatic N) is 1. The monoisotopic (exact) mass is 297 g/mol. The van der Waals surface area contributed by atoms with Crippen LogP contribution in [0.5, 0.6) is 0 Å². The van der Waals surface area contributed by atoms with Crippen molar-refractivity contribution in [3.63, 3.8) is 0 Å². The van der Waals surface area contributed by atoms with E-state index < -0.39 is 0 Å². The molecule has 2 aromatic carbocycles. The van der Waals surface area contributed by atoms with E-state index in [0.29, 0.717) is 10.6 Å². The fourth-order valence-corrected chi connectivity index (χ4v) is 2.27. The topological polar surface area (TPSA) is 57.2 Å². The van der Waals surface area contributed by atoms with Gasteiger partial charge in [-0.25, -0.2) is 5.43 Å². The molecule has 0 atom stereocenters.